The van der Waals surface area contributed by atoms with Gasteiger partial charge in [0.05, 0.1) is 12.6 Å². The average Bonchev–Trinajstić information content (AvgIpc) is 2.76. The van der Waals surface area contributed by atoms with E-state index in [0.717, 1.165) is 5.56 Å². The molecule has 0 saturated carbocycles. The number of unbranched alkanes of at least 4 members (excludes halogenated alkanes) is 1. The Morgan fingerprint density at radius 2 is 1.64 bits per heavy atom. The molecule has 0 radical (unpaired) electrons. The van der Waals surface area contributed by atoms with Crippen LogP contribution in [0.25, 0.3) is 0 Å². The van der Waals surface area contributed by atoms with Gasteiger partial charge in [0.2, 0.25) is 17.7 Å². The zero-order chi connectivity index (χ0) is 24.8. The largest absolute Gasteiger partial charge is 0.480 e. The van der Waals surface area contributed by atoms with Gasteiger partial charge in [-0.25, -0.2) is 4.79 Å². The van der Waals surface area contributed by atoms with E-state index in [1.165, 1.54) is 0 Å². The molecule has 184 valence electrons. The standard InChI is InChI=1S/C23H37N5O5/c1-15(2)12-17(25)21(30)26-14-20(29)27-19(13-16-8-4-3-5-9-16)22(31)28-18(23(32)33)10-6-7-11-24/h3-5,8-9,15,17-19H,6-7,10-14,24-25H2,1-2H3,(H,26,30)(H,27,29)(H,28,31)(H,32,33). The summed E-state index contributed by atoms with van der Waals surface area (Å²) in [4.78, 5) is 49.0. The molecule has 0 bridgehead atoms. The van der Waals surface area contributed by atoms with Crippen LogP contribution in [0.5, 0.6) is 0 Å². The van der Waals surface area contributed by atoms with Crippen LogP contribution in [0.2, 0.25) is 0 Å². The summed E-state index contributed by atoms with van der Waals surface area (Å²) >= 11 is 0. The number of aliphatic carboxylic acids is 1. The van der Waals surface area contributed by atoms with Gasteiger partial charge in [-0.15, -0.1) is 0 Å². The summed E-state index contributed by atoms with van der Waals surface area (Å²) in [5.41, 5.74) is 12.1. The lowest BCUT2D eigenvalue weighted by Gasteiger charge is -2.22. The van der Waals surface area contributed by atoms with Crippen LogP contribution in [-0.4, -0.2) is 60.0 Å². The Hall–Kier alpha value is -2.98. The van der Waals surface area contributed by atoms with E-state index < -0.39 is 41.8 Å². The van der Waals surface area contributed by atoms with Crippen molar-refractivity contribution < 1.29 is 24.3 Å². The highest BCUT2D eigenvalue weighted by molar-refractivity contribution is 5.92. The third kappa shape index (κ3) is 11.4. The molecule has 8 N–H and O–H groups in total. The normalized spacial score (nSPS) is 13.6. The Balaban J connectivity index is 2.80. The molecule has 0 saturated heterocycles. The summed E-state index contributed by atoms with van der Waals surface area (Å²) in [5, 5.41) is 17.0. The number of carbonyl (C=O) groups excluding carboxylic acids is 3. The van der Waals surface area contributed by atoms with E-state index in [2.05, 4.69) is 16.0 Å². The Bertz CT molecular complexity index is 772. The third-order valence-corrected chi connectivity index (χ3v) is 4.98. The van der Waals surface area contributed by atoms with Crippen molar-refractivity contribution in [2.24, 2.45) is 17.4 Å². The molecule has 0 aliphatic carbocycles. The molecule has 10 heteroatoms. The fourth-order valence-electron chi connectivity index (χ4n) is 3.24. The second kappa shape index (κ2) is 15.0. The molecule has 3 unspecified atom stereocenters. The van der Waals surface area contributed by atoms with Gasteiger partial charge in [-0.1, -0.05) is 44.2 Å². The number of hydrogen-bond acceptors (Lipinski definition) is 6. The number of carboxylic acids is 1. The zero-order valence-corrected chi connectivity index (χ0v) is 19.4. The van der Waals surface area contributed by atoms with Crippen LogP contribution < -0.4 is 27.4 Å². The minimum absolute atomic E-state index is 0.161. The second-order valence-corrected chi connectivity index (χ2v) is 8.45. The van der Waals surface area contributed by atoms with E-state index in [9.17, 15) is 24.3 Å². The average molecular weight is 464 g/mol. The summed E-state index contributed by atoms with van der Waals surface area (Å²) in [5.74, 6) is -2.57. The maximum absolute atomic E-state index is 12.9. The lowest BCUT2D eigenvalue weighted by molar-refractivity contribution is -0.142. The molecular weight excluding hydrogens is 426 g/mol. The van der Waals surface area contributed by atoms with Gasteiger partial charge in [-0.2, -0.15) is 0 Å². The Morgan fingerprint density at radius 3 is 2.21 bits per heavy atom. The van der Waals surface area contributed by atoms with Crippen molar-refractivity contribution in [3.05, 3.63) is 35.9 Å². The molecule has 1 aromatic rings. The predicted molar refractivity (Wildman–Crippen MR) is 125 cm³/mol. The molecule has 0 spiro atoms. The van der Waals surface area contributed by atoms with Gasteiger partial charge in [0, 0.05) is 6.42 Å². The smallest absolute Gasteiger partial charge is 0.326 e. The number of rotatable bonds is 15. The number of carboxylic acid groups (broad SMARTS) is 1. The van der Waals surface area contributed by atoms with Crippen molar-refractivity contribution in [3.8, 4) is 0 Å². The number of benzene rings is 1. The van der Waals surface area contributed by atoms with Crippen LogP contribution in [0.15, 0.2) is 30.3 Å². The first-order chi connectivity index (χ1) is 15.6. The Labute approximate surface area is 194 Å². The molecule has 1 rings (SSSR count). The highest BCUT2D eigenvalue weighted by Gasteiger charge is 2.27. The summed E-state index contributed by atoms with van der Waals surface area (Å²) in [7, 11) is 0. The van der Waals surface area contributed by atoms with E-state index in [-0.39, 0.29) is 25.3 Å². The first kappa shape index (κ1) is 28.1. The lowest BCUT2D eigenvalue weighted by atomic mass is 10.0. The van der Waals surface area contributed by atoms with Gasteiger partial charge >= 0.3 is 5.97 Å². The number of nitrogens with two attached hydrogens (primary N) is 2. The van der Waals surface area contributed by atoms with Crippen LogP contribution in [0.1, 0.15) is 45.1 Å². The van der Waals surface area contributed by atoms with Gasteiger partial charge < -0.3 is 32.5 Å². The van der Waals surface area contributed by atoms with Gasteiger partial charge in [0.1, 0.15) is 12.1 Å². The second-order valence-electron chi connectivity index (χ2n) is 8.45. The first-order valence-corrected chi connectivity index (χ1v) is 11.2. The highest BCUT2D eigenvalue weighted by Crippen LogP contribution is 2.06. The number of nitrogens with one attached hydrogen (secondary N) is 3. The van der Waals surface area contributed by atoms with E-state index in [1.807, 2.05) is 19.9 Å². The van der Waals surface area contributed by atoms with Crippen molar-refractivity contribution >= 4 is 23.7 Å². The SMILES string of the molecule is CC(C)CC(N)C(=O)NCC(=O)NC(Cc1ccccc1)C(=O)NC(CCCCN)C(=O)O. The summed E-state index contributed by atoms with van der Waals surface area (Å²) in [6.45, 7) is 3.96. The van der Waals surface area contributed by atoms with Crippen molar-refractivity contribution in [1.82, 2.24) is 16.0 Å². The lowest BCUT2D eigenvalue weighted by Crippen LogP contribution is -2.54. The van der Waals surface area contributed by atoms with Crippen molar-refractivity contribution in [2.75, 3.05) is 13.1 Å². The molecule has 1 aromatic carbocycles. The molecule has 10 nitrogen and oxygen atoms in total. The molecule has 0 aliphatic heterocycles. The van der Waals surface area contributed by atoms with Gasteiger partial charge in [0.25, 0.3) is 0 Å². The van der Waals surface area contributed by atoms with E-state index in [1.54, 1.807) is 24.3 Å². The maximum atomic E-state index is 12.9. The Kier molecular flexibility index (Phi) is 12.7. The number of amides is 3. The molecule has 0 aliphatic rings. The molecule has 3 amide bonds. The number of carbonyl (C=O) groups is 4. The van der Waals surface area contributed by atoms with Crippen molar-refractivity contribution in [2.45, 2.75) is 64.1 Å². The maximum Gasteiger partial charge on any atom is 0.326 e. The minimum Gasteiger partial charge on any atom is -0.480 e. The molecular formula is C23H37N5O5. The minimum atomic E-state index is -1.16. The zero-order valence-electron chi connectivity index (χ0n) is 19.4. The molecule has 0 aromatic heterocycles. The molecule has 0 heterocycles. The first-order valence-electron chi connectivity index (χ1n) is 11.2. The van der Waals surface area contributed by atoms with Crippen LogP contribution in [0, 0.1) is 5.92 Å². The summed E-state index contributed by atoms with van der Waals surface area (Å²) < 4.78 is 0. The van der Waals surface area contributed by atoms with Gasteiger partial charge in [-0.05, 0) is 43.7 Å². The third-order valence-electron chi connectivity index (χ3n) is 4.98. The van der Waals surface area contributed by atoms with Crippen LogP contribution >= 0.6 is 0 Å². The van der Waals surface area contributed by atoms with E-state index >= 15 is 0 Å². The van der Waals surface area contributed by atoms with Crippen molar-refractivity contribution in [3.63, 3.8) is 0 Å². The van der Waals surface area contributed by atoms with Crippen LogP contribution in [-0.2, 0) is 25.6 Å². The highest BCUT2D eigenvalue weighted by atomic mass is 16.4. The van der Waals surface area contributed by atoms with Gasteiger partial charge in [0.15, 0.2) is 0 Å². The molecule has 0 fully saturated rings. The molecule has 33 heavy (non-hydrogen) atoms. The quantitative estimate of drug-likeness (QED) is 0.197. The van der Waals surface area contributed by atoms with Crippen molar-refractivity contribution in [1.29, 1.82) is 0 Å². The van der Waals surface area contributed by atoms with E-state index in [0.29, 0.717) is 25.8 Å². The number of hydrogen-bond donors (Lipinski definition) is 6. The van der Waals surface area contributed by atoms with Gasteiger partial charge in [-0.3, -0.25) is 14.4 Å². The van der Waals surface area contributed by atoms with E-state index in [4.69, 9.17) is 11.5 Å². The molecule has 3 atom stereocenters. The topological polar surface area (TPSA) is 177 Å². The predicted octanol–water partition coefficient (Wildman–Crippen LogP) is -0.0981. The summed E-state index contributed by atoms with van der Waals surface area (Å²) in [6.07, 6.45) is 2.06. The Morgan fingerprint density at radius 1 is 0.970 bits per heavy atom. The fourth-order valence-corrected chi connectivity index (χ4v) is 3.24. The monoisotopic (exact) mass is 463 g/mol. The van der Waals surface area contributed by atoms with Crippen LogP contribution in [0.4, 0.5) is 0 Å². The fraction of sp³-hybridized carbons (Fsp3) is 0.565. The summed E-state index contributed by atoms with van der Waals surface area (Å²) in [6, 6.07) is 6.19. The van der Waals surface area contributed by atoms with Crippen LogP contribution in [0.3, 0.4) is 0 Å².